The fourth-order valence-corrected chi connectivity index (χ4v) is 1.33. The normalized spacial score (nSPS) is 10.6. The van der Waals surface area contributed by atoms with Crippen LogP contribution in [0.2, 0.25) is 0 Å². The van der Waals surface area contributed by atoms with Crippen LogP contribution in [-0.2, 0) is 16.1 Å². The van der Waals surface area contributed by atoms with E-state index in [0.29, 0.717) is 12.4 Å². The van der Waals surface area contributed by atoms with Crippen molar-refractivity contribution in [1.82, 2.24) is 15.1 Å². The quantitative estimate of drug-likeness (QED) is 0.775. The van der Waals surface area contributed by atoms with Crippen LogP contribution in [0.15, 0.2) is 29.0 Å². The maximum Gasteiger partial charge on any atom is 0.508 e. The molecule has 0 aliphatic carbocycles. The van der Waals surface area contributed by atoms with Gasteiger partial charge in [-0.15, -0.1) is 0 Å². The summed E-state index contributed by atoms with van der Waals surface area (Å²) in [6, 6.07) is 3.51. The molecule has 0 spiro atoms. The van der Waals surface area contributed by atoms with Crippen LogP contribution >= 0.6 is 0 Å². The van der Waals surface area contributed by atoms with Gasteiger partial charge in [-0.1, -0.05) is 19.0 Å². The van der Waals surface area contributed by atoms with E-state index in [1.54, 1.807) is 24.5 Å². The Morgan fingerprint density at radius 3 is 2.75 bits per heavy atom. The van der Waals surface area contributed by atoms with Crippen LogP contribution < -0.4 is 0 Å². The van der Waals surface area contributed by atoms with E-state index < -0.39 is 6.16 Å². The SMILES string of the molecule is CC(C)COC(=O)OCc1nc(-c2ccncc2)no1. The minimum absolute atomic E-state index is 0.116. The van der Waals surface area contributed by atoms with Gasteiger partial charge in [-0.2, -0.15) is 4.98 Å². The summed E-state index contributed by atoms with van der Waals surface area (Å²) in [6.45, 7) is 4.07. The third kappa shape index (κ3) is 4.04. The van der Waals surface area contributed by atoms with Crippen molar-refractivity contribution >= 4 is 6.16 Å². The average molecular weight is 277 g/mol. The van der Waals surface area contributed by atoms with Gasteiger partial charge in [0.05, 0.1) is 6.61 Å². The van der Waals surface area contributed by atoms with Crippen molar-refractivity contribution in [3.63, 3.8) is 0 Å². The molecular formula is C13H15N3O4. The van der Waals surface area contributed by atoms with E-state index in [0.717, 1.165) is 5.56 Å². The predicted octanol–water partition coefficient (Wildman–Crippen LogP) is 2.44. The average Bonchev–Trinajstić information content (AvgIpc) is 2.93. The molecule has 0 bridgehead atoms. The van der Waals surface area contributed by atoms with Crippen LogP contribution in [0.5, 0.6) is 0 Å². The van der Waals surface area contributed by atoms with E-state index >= 15 is 0 Å². The van der Waals surface area contributed by atoms with Crippen molar-refractivity contribution in [1.29, 1.82) is 0 Å². The summed E-state index contributed by atoms with van der Waals surface area (Å²) in [5, 5.41) is 3.79. The largest absolute Gasteiger partial charge is 0.508 e. The van der Waals surface area contributed by atoms with E-state index in [1.807, 2.05) is 13.8 Å². The highest BCUT2D eigenvalue weighted by molar-refractivity contribution is 5.59. The van der Waals surface area contributed by atoms with E-state index in [-0.39, 0.29) is 18.4 Å². The number of ether oxygens (including phenoxy) is 2. The Balaban J connectivity index is 1.86. The molecule has 0 atom stereocenters. The van der Waals surface area contributed by atoms with Crippen molar-refractivity contribution in [2.75, 3.05) is 6.61 Å². The Kier molecular flexibility index (Phi) is 4.65. The number of nitrogens with zero attached hydrogens (tertiary/aromatic N) is 3. The zero-order chi connectivity index (χ0) is 14.4. The second kappa shape index (κ2) is 6.65. The molecule has 0 aliphatic rings. The molecule has 2 aromatic heterocycles. The van der Waals surface area contributed by atoms with Gasteiger partial charge in [0.15, 0.2) is 6.61 Å². The highest BCUT2D eigenvalue weighted by Crippen LogP contribution is 2.14. The first-order valence-electron chi connectivity index (χ1n) is 6.17. The Morgan fingerprint density at radius 2 is 2.05 bits per heavy atom. The highest BCUT2D eigenvalue weighted by atomic mass is 16.7. The Labute approximate surface area is 115 Å². The third-order valence-electron chi connectivity index (χ3n) is 2.25. The third-order valence-corrected chi connectivity index (χ3v) is 2.25. The topological polar surface area (TPSA) is 87.3 Å². The van der Waals surface area contributed by atoms with Gasteiger partial charge in [-0.3, -0.25) is 4.98 Å². The number of carbonyl (C=O) groups excluding carboxylic acids is 1. The van der Waals surface area contributed by atoms with Crippen LogP contribution in [0.3, 0.4) is 0 Å². The lowest BCUT2D eigenvalue weighted by molar-refractivity contribution is 0.0360. The van der Waals surface area contributed by atoms with Gasteiger partial charge in [0.25, 0.3) is 5.89 Å². The second-order valence-corrected chi connectivity index (χ2v) is 4.49. The molecule has 0 radical (unpaired) electrons. The lowest BCUT2D eigenvalue weighted by Crippen LogP contribution is -2.11. The predicted molar refractivity (Wildman–Crippen MR) is 68.5 cm³/mol. The van der Waals surface area contributed by atoms with Gasteiger partial charge in [0.2, 0.25) is 5.82 Å². The molecule has 20 heavy (non-hydrogen) atoms. The molecule has 2 heterocycles. The highest BCUT2D eigenvalue weighted by Gasteiger charge is 2.12. The molecule has 0 saturated carbocycles. The molecule has 0 saturated heterocycles. The second-order valence-electron chi connectivity index (χ2n) is 4.49. The zero-order valence-corrected chi connectivity index (χ0v) is 11.3. The fraction of sp³-hybridized carbons (Fsp3) is 0.385. The number of hydrogen-bond donors (Lipinski definition) is 0. The molecule has 106 valence electrons. The van der Waals surface area contributed by atoms with E-state index in [9.17, 15) is 4.79 Å². The van der Waals surface area contributed by atoms with Crippen LogP contribution in [-0.4, -0.2) is 27.9 Å². The molecule has 0 aliphatic heterocycles. The Morgan fingerprint density at radius 1 is 1.30 bits per heavy atom. The number of rotatable bonds is 5. The van der Waals surface area contributed by atoms with Crippen molar-refractivity contribution in [3.05, 3.63) is 30.4 Å². The minimum Gasteiger partial charge on any atom is -0.434 e. The summed E-state index contributed by atoms with van der Waals surface area (Å²) in [6.07, 6.45) is 2.51. The van der Waals surface area contributed by atoms with Crippen LogP contribution in [0.1, 0.15) is 19.7 Å². The lowest BCUT2D eigenvalue weighted by atomic mass is 10.2. The number of carbonyl (C=O) groups is 1. The van der Waals surface area contributed by atoms with Crippen LogP contribution in [0.25, 0.3) is 11.4 Å². The molecule has 0 N–H and O–H groups in total. The van der Waals surface area contributed by atoms with Crippen molar-refractivity contribution in [2.45, 2.75) is 20.5 Å². The molecule has 2 rings (SSSR count). The van der Waals surface area contributed by atoms with Crippen molar-refractivity contribution < 1.29 is 18.8 Å². The Bertz CT molecular complexity index is 554. The van der Waals surface area contributed by atoms with Crippen molar-refractivity contribution in [2.24, 2.45) is 5.92 Å². The minimum atomic E-state index is -0.748. The maximum atomic E-state index is 11.3. The van der Waals surface area contributed by atoms with Gasteiger partial charge in [0.1, 0.15) is 0 Å². The summed E-state index contributed by atoms with van der Waals surface area (Å²) in [7, 11) is 0. The number of pyridine rings is 1. The number of hydrogen-bond acceptors (Lipinski definition) is 7. The van der Waals surface area contributed by atoms with E-state index in [2.05, 4.69) is 15.1 Å². The van der Waals surface area contributed by atoms with Gasteiger partial charge in [-0.25, -0.2) is 4.79 Å². The molecule has 0 amide bonds. The van der Waals surface area contributed by atoms with Gasteiger partial charge >= 0.3 is 6.16 Å². The van der Waals surface area contributed by atoms with Crippen molar-refractivity contribution in [3.8, 4) is 11.4 Å². The molecule has 2 aromatic rings. The molecule has 7 heteroatoms. The smallest absolute Gasteiger partial charge is 0.434 e. The zero-order valence-electron chi connectivity index (χ0n) is 11.3. The van der Waals surface area contributed by atoms with Gasteiger partial charge in [-0.05, 0) is 18.1 Å². The molecular weight excluding hydrogens is 262 g/mol. The molecule has 7 nitrogen and oxygen atoms in total. The standard InChI is InChI=1S/C13H15N3O4/c1-9(2)7-18-13(17)19-8-11-15-12(16-20-11)10-3-5-14-6-4-10/h3-6,9H,7-8H2,1-2H3. The lowest BCUT2D eigenvalue weighted by Gasteiger charge is -2.05. The summed E-state index contributed by atoms with van der Waals surface area (Å²) in [5.41, 5.74) is 0.775. The molecule has 0 fully saturated rings. The fourth-order valence-electron chi connectivity index (χ4n) is 1.33. The summed E-state index contributed by atoms with van der Waals surface area (Å²) in [4.78, 5) is 19.3. The van der Waals surface area contributed by atoms with Gasteiger partial charge < -0.3 is 14.0 Å². The van der Waals surface area contributed by atoms with Crippen LogP contribution in [0.4, 0.5) is 4.79 Å². The maximum absolute atomic E-state index is 11.3. The van der Waals surface area contributed by atoms with E-state index in [1.165, 1.54) is 0 Å². The molecule has 0 unspecified atom stereocenters. The number of aromatic nitrogens is 3. The molecule has 0 aromatic carbocycles. The Hall–Kier alpha value is -2.44. The first kappa shape index (κ1) is 14.0. The van der Waals surface area contributed by atoms with E-state index in [4.69, 9.17) is 14.0 Å². The summed E-state index contributed by atoms with van der Waals surface area (Å²) >= 11 is 0. The first-order chi connectivity index (χ1) is 9.65. The summed E-state index contributed by atoms with van der Waals surface area (Å²) in [5.74, 6) is 0.879. The van der Waals surface area contributed by atoms with Gasteiger partial charge in [0, 0.05) is 18.0 Å². The monoisotopic (exact) mass is 277 g/mol. The summed E-state index contributed by atoms with van der Waals surface area (Å²) < 4.78 is 14.7. The first-order valence-corrected chi connectivity index (χ1v) is 6.17. The van der Waals surface area contributed by atoms with Crippen LogP contribution in [0, 0.1) is 5.92 Å².